The van der Waals surface area contributed by atoms with Crippen molar-refractivity contribution in [3.63, 3.8) is 0 Å². The van der Waals surface area contributed by atoms with Crippen molar-refractivity contribution in [1.82, 2.24) is 5.43 Å². The smallest absolute Gasteiger partial charge is 0.264 e. The van der Waals surface area contributed by atoms with Crippen LogP contribution in [0.25, 0.3) is 0 Å². The lowest BCUT2D eigenvalue weighted by atomic mass is 10.2. The third-order valence-corrected chi connectivity index (χ3v) is 6.41. The Hall–Kier alpha value is -4.05. The summed E-state index contributed by atoms with van der Waals surface area (Å²) in [6.07, 6.45) is 1.24. The fourth-order valence-corrected chi connectivity index (χ4v) is 4.37. The minimum absolute atomic E-state index is 0.0402. The van der Waals surface area contributed by atoms with Gasteiger partial charge in [-0.1, -0.05) is 24.3 Å². The first-order valence-corrected chi connectivity index (χ1v) is 11.2. The maximum Gasteiger partial charge on any atom is 0.264 e. The van der Waals surface area contributed by atoms with Crippen LogP contribution in [0.5, 0.6) is 17.2 Å². The van der Waals surface area contributed by atoms with E-state index in [0.717, 1.165) is 4.31 Å². The molecule has 3 rings (SSSR count). The zero-order chi connectivity index (χ0) is 23.8. The Balaban J connectivity index is 1.83. The molecule has 0 aliphatic rings. The molecule has 3 aromatic rings. The van der Waals surface area contributed by atoms with Crippen molar-refractivity contribution in [3.05, 3.63) is 78.4 Å². The average Bonchev–Trinajstić information content (AvgIpc) is 2.84. The third kappa shape index (κ3) is 5.60. The van der Waals surface area contributed by atoms with E-state index in [1.54, 1.807) is 60.7 Å². The molecule has 3 aromatic carbocycles. The molecule has 0 spiro atoms. The molecule has 0 heterocycles. The van der Waals surface area contributed by atoms with Crippen LogP contribution < -0.4 is 19.2 Å². The maximum atomic E-state index is 13.3. The standard InChI is InChI=1S/C23H23N3O6S/c1-31-19-13-11-18(12-14-19)26(33(29,30)20-8-4-3-5-9-20)16-22(27)25-24-15-17-7-6-10-21(32-2)23(17)28/h3-15,28H,16H2,1-2H3,(H,25,27)/b24-15-. The van der Waals surface area contributed by atoms with Gasteiger partial charge in [0.2, 0.25) is 0 Å². The van der Waals surface area contributed by atoms with E-state index < -0.39 is 22.5 Å². The number of carbonyl (C=O) groups is 1. The Morgan fingerprint density at radius 3 is 2.33 bits per heavy atom. The van der Waals surface area contributed by atoms with Crippen LogP contribution in [-0.2, 0) is 14.8 Å². The average molecular weight is 470 g/mol. The third-order valence-electron chi connectivity index (χ3n) is 4.62. The van der Waals surface area contributed by atoms with Crippen LogP contribution in [0, 0.1) is 0 Å². The van der Waals surface area contributed by atoms with E-state index in [4.69, 9.17) is 9.47 Å². The van der Waals surface area contributed by atoms with Crippen molar-refractivity contribution in [2.45, 2.75) is 4.90 Å². The van der Waals surface area contributed by atoms with Gasteiger partial charge in [0, 0.05) is 5.56 Å². The van der Waals surface area contributed by atoms with E-state index in [-0.39, 0.29) is 22.1 Å². The molecule has 9 nitrogen and oxygen atoms in total. The number of methoxy groups -OCH3 is 2. The number of anilines is 1. The highest BCUT2D eigenvalue weighted by Crippen LogP contribution is 2.28. The molecule has 0 aliphatic heterocycles. The molecule has 0 unspecified atom stereocenters. The molecule has 0 aliphatic carbocycles. The number of ether oxygens (including phenoxy) is 2. The van der Waals surface area contributed by atoms with Crippen LogP contribution in [0.1, 0.15) is 5.56 Å². The molecule has 0 radical (unpaired) electrons. The number of hydrazone groups is 1. The lowest BCUT2D eigenvalue weighted by Gasteiger charge is -2.23. The molecule has 0 bridgehead atoms. The second kappa shape index (κ2) is 10.5. The van der Waals surface area contributed by atoms with Gasteiger partial charge in [0.05, 0.1) is 31.0 Å². The molecule has 0 fully saturated rings. The highest BCUT2D eigenvalue weighted by atomic mass is 32.2. The van der Waals surface area contributed by atoms with Gasteiger partial charge in [0.1, 0.15) is 12.3 Å². The number of aromatic hydroxyl groups is 1. The molecule has 2 N–H and O–H groups in total. The van der Waals surface area contributed by atoms with Gasteiger partial charge in [-0.05, 0) is 48.5 Å². The Bertz CT molecular complexity index is 1230. The Morgan fingerprint density at radius 1 is 1.00 bits per heavy atom. The number of hydrogen-bond acceptors (Lipinski definition) is 7. The maximum absolute atomic E-state index is 13.3. The summed E-state index contributed by atoms with van der Waals surface area (Å²) in [5, 5.41) is 13.9. The van der Waals surface area contributed by atoms with Gasteiger partial charge in [-0.2, -0.15) is 5.10 Å². The Labute approximate surface area is 191 Å². The minimum atomic E-state index is -4.04. The number of amides is 1. The number of sulfonamides is 1. The van der Waals surface area contributed by atoms with Gasteiger partial charge >= 0.3 is 0 Å². The Kier molecular flexibility index (Phi) is 7.52. The largest absolute Gasteiger partial charge is 0.504 e. The van der Waals surface area contributed by atoms with Gasteiger partial charge in [-0.15, -0.1) is 0 Å². The van der Waals surface area contributed by atoms with Crippen LogP contribution in [0.4, 0.5) is 5.69 Å². The van der Waals surface area contributed by atoms with Crippen LogP contribution in [0.2, 0.25) is 0 Å². The van der Waals surface area contributed by atoms with Crippen LogP contribution in [-0.4, -0.2) is 46.4 Å². The molecule has 0 aromatic heterocycles. The minimum Gasteiger partial charge on any atom is -0.504 e. The SMILES string of the molecule is COc1ccc(N(CC(=O)N/N=C\c2cccc(OC)c2O)S(=O)(=O)c2ccccc2)cc1. The predicted octanol–water partition coefficient (Wildman–Crippen LogP) is 2.76. The number of rotatable bonds is 9. The summed E-state index contributed by atoms with van der Waals surface area (Å²) in [5.41, 5.74) is 2.89. The molecular weight excluding hydrogens is 446 g/mol. The van der Waals surface area contributed by atoms with Crippen molar-refractivity contribution in [2.75, 3.05) is 25.1 Å². The number of carbonyl (C=O) groups excluding carboxylic acids is 1. The number of phenols is 1. The van der Waals surface area contributed by atoms with Crippen LogP contribution in [0.3, 0.4) is 0 Å². The number of hydrogen-bond donors (Lipinski definition) is 2. The van der Waals surface area contributed by atoms with Gasteiger partial charge in [0.25, 0.3) is 15.9 Å². The summed E-state index contributed by atoms with van der Waals surface area (Å²) in [4.78, 5) is 12.6. The van der Waals surface area contributed by atoms with Gasteiger partial charge in [-0.25, -0.2) is 13.8 Å². The van der Waals surface area contributed by atoms with Crippen molar-refractivity contribution in [1.29, 1.82) is 0 Å². The highest BCUT2D eigenvalue weighted by molar-refractivity contribution is 7.92. The predicted molar refractivity (Wildman–Crippen MR) is 124 cm³/mol. The summed E-state index contributed by atoms with van der Waals surface area (Å²) < 4.78 is 37.7. The number of phenolic OH excluding ortho intramolecular Hbond substituents is 1. The van der Waals surface area contributed by atoms with E-state index in [1.165, 1.54) is 32.6 Å². The molecule has 0 saturated heterocycles. The summed E-state index contributed by atoms with van der Waals surface area (Å²) in [7, 11) is -1.12. The van der Waals surface area contributed by atoms with E-state index in [0.29, 0.717) is 11.3 Å². The quantitative estimate of drug-likeness (QED) is 0.368. The number of para-hydroxylation sites is 1. The normalized spacial score (nSPS) is 11.2. The van der Waals surface area contributed by atoms with Crippen LogP contribution in [0.15, 0.2) is 82.8 Å². The molecule has 33 heavy (non-hydrogen) atoms. The van der Waals surface area contributed by atoms with E-state index in [1.807, 2.05) is 0 Å². The molecule has 0 saturated carbocycles. The highest BCUT2D eigenvalue weighted by Gasteiger charge is 2.27. The van der Waals surface area contributed by atoms with E-state index in [9.17, 15) is 18.3 Å². The first kappa shape index (κ1) is 23.6. The molecule has 172 valence electrons. The molecule has 10 heteroatoms. The summed E-state index contributed by atoms with van der Waals surface area (Å²) in [5.74, 6) is -0.0126. The molecule has 1 amide bonds. The van der Waals surface area contributed by atoms with Gasteiger partial charge < -0.3 is 14.6 Å². The number of nitrogens with zero attached hydrogens (tertiary/aromatic N) is 2. The topological polar surface area (TPSA) is 118 Å². The molecule has 0 atom stereocenters. The van der Waals surface area contributed by atoms with Crippen molar-refractivity contribution >= 4 is 27.8 Å². The monoisotopic (exact) mass is 469 g/mol. The van der Waals surface area contributed by atoms with Crippen molar-refractivity contribution in [2.24, 2.45) is 5.10 Å². The van der Waals surface area contributed by atoms with Crippen LogP contribution >= 0.6 is 0 Å². The van der Waals surface area contributed by atoms with Gasteiger partial charge in [0.15, 0.2) is 11.5 Å². The lowest BCUT2D eigenvalue weighted by Crippen LogP contribution is -2.39. The summed E-state index contributed by atoms with van der Waals surface area (Å²) in [6.45, 7) is -0.523. The summed E-state index contributed by atoms with van der Waals surface area (Å²) in [6, 6.07) is 18.9. The second-order valence-electron chi connectivity index (χ2n) is 6.71. The van der Waals surface area contributed by atoms with Crippen molar-refractivity contribution < 1.29 is 27.8 Å². The fourth-order valence-electron chi connectivity index (χ4n) is 2.93. The number of nitrogens with one attached hydrogen (secondary N) is 1. The lowest BCUT2D eigenvalue weighted by molar-refractivity contribution is -0.119. The van der Waals surface area contributed by atoms with Crippen molar-refractivity contribution in [3.8, 4) is 17.2 Å². The van der Waals surface area contributed by atoms with E-state index in [2.05, 4.69) is 10.5 Å². The fraction of sp³-hybridized carbons (Fsp3) is 0.130. The summed E-state index contributed by atoms with van der Waals surface area (Å²) >= 11 is 0. The Morgan fingerprint density at radius 2 is 1.70 bits per heavy atom. The van der Waals surface area contributed by atoms with Gasteiger partial charge in [-0.3, -0.25) is 9.10 Å². The zero-order valence-electron chi connectivity index (χ0n) is 18.0. The van der Waals surface area contributed by atoms with E-state index >= 15 is 0 Å². The number of benzene rings is 3. The molecular formula is C23H23N3O6S. The second-order valence-corrected chi connectivity index (χ2v) is 8.58. The zero-order valence-corrected chi connectivity index (χ0v) is 18.8. The first-order chi connectivity index (χ1) is 15.9. The first-order valence-electron chi connectivity index (χ1n) is 9.76.